The highest BCUT2D eigenvalue weighted by molar-refractivity contribution is 8.00. The van der Waals surface area contributed by atoms with Crippen molar-refractivity contribution in [1.29, 1.82) is 0 Å². The summed E-state index contributed by atoms with van der Waals surface area (Å²) in [6, 6.07) is 68.4. The maximum Gasteiger partial charge on any atom is 0.103 e. The van der Waals surface area contributed by atoms with Crippen LogP contribution in [0.2, 0.25) is 0 Å². The third kappa shape index (κ3) is 4.91. The van der Waals surface area contributed by atoms with E-state index < -0.39 is 0 Å². The first-order valence-electron chi connectivity index (χ1n) is 18.1. The maximum atomic E-state index is 3.83. The Bertz CT molecular complexity index is 3010. The van der Waals surface area contributed by atoms with Crippen LogP contribution in [0, 0.1) is 0 Å². The van der Waals surface area contributed by atoms with Crippen LogP contribution in [0.3, 0.4) is 0 Å². The normalized spacial score (nSPS) is 13.9. The molecule has 250 valence electrons. The van der Waals surface area contributed by atoms with Crippen LogP contribution in [0.4, 0.5) is 5.69 Å². The number of anilines is 1. The molecule has 53 heavy (non-hydrogen) atoms. The molecule has 1 aliphatic heterocycles. The molecule has 0 saturated heterocycles. The van der Waals surface area contributed by atoms with Crippen LogP contribution in [-0.4, -0.2) is 9.13 Å². The molecular formula is C49H33N3S. The van der Waals surface area contributed by atoms with E-state index in [4.69, 9.17) is 0 Å². The number of hydrogen-bond donors (Lipinski definition) is 1. The van der Waals surface area contributed by atoms with Gasteiger partial charge in [0.25, 0.3) is 0 Å². The van der Waals surface area contributed by atoms with E-state index in [0.29, 0.717) is 0 Å². The van der Waals surface area contributed by atoms with E-state index in [1.54, 1.807) is 0 Å². The molecule has 1 N–H and O–H groups in total. The number of thioether (sulfide) groups is 1. The molecule has 1 aliphatic rings. The Kier molecular flexibility index (Phi) is 6.86. The minimum Gasteiger partial charge on any atom is -0.368 e. The quantitative estimate of drug-likeness (QED) is 0.194. The molecule has 0 saturated carbocycles. The lowest BCUT2D eigenvalue weighted by molar-refractivity contribution is 1.13. The molecule has 10 aromatic rings. The van der Waals surface area contributed by atoms with Crippen molar-refractivity contribution in [2.75, 3.05) is 5.32 Å². The minimum atomic E-state index is 0.135. The van der Waals surface area contributed by atoms with Gasteiger partial charge < -0.3 is 14.5 Å². The first-order chi connectivity index (χ1) is 26.3. The fourth-order valence-corrected chi connectivity index (χ4v) is 9.43. The molecule has 8 aromatic carbocycles. The van der Waals surface area contributed by atoms with E-state index in [1.165, 1.54) is 93.4 Å². The summed E-state index contributed by atoms with van der Waals surface area (Å²) >= 11 is 1.90. The summed E-state index contributed by atoms with van der Waals surface area (Å²) in [5, 5.41) is 9.03. The van der Waals surface area contributed by atoms with Gasteiger partial charge in [-0.1, -0.05) is 127 Å². The van der Waals surface area contributed by atoms with Crippen LogP contribution in [0.15, 0.2) is 193 Å². The van der Waals surface area contributed by atoms with E-state index in [1.807, 2.05) is 11.8 Å². The first-order valence-corrected chi connectivity index (χ1v) is 19.0. The Balaban J connectivity index is 0.946. The fourth-order valence-electron chi connectivity index (χ4n) is 8.26. The van der Waals surface area contributed by atoms with Crippen LogP contribution >= 0.6 is 11.8 Å². The van der Waals surface area contributed by atoms with Crippen molar-refractivity contribution < 1.29 is 0 Å². The van der Waals surface area contributed by atoms with Crippen molar-refractivity contribution in [3.63, 3.8) is 0 Å². The van der Waals surface area contributed by atoms with Crippen molar-refractivity contribution in [3.8, 4) is 33.6 Å². The molecule has 0 amide bonds. The number of rotatable bonds is 5. The van der Waals surface area contributed by atoms with E-state index >= 15 is 0 Å². The van der Waals surface area contributed by atoms with Gasteiger partial charge in [-0.25, -0.2) is 0 Å². The zero-order valence-corrected chi connectivity index (χ0v) is 29.6. The number of nitrogens with one attached hydrogen (secondary N) is 1. The molecule has 0 spiro atoms. The molecule has 0 bridgehead atoms. The summed E-state index contributed by atoms with van der Waals surface area (Å²) in [6.07, 6.45) is 0. The first kappa shape index (κ1) is 30.2. The van der Waals surface area contributed by atoms with E-state index in [2.05, 4.69) is 203 Å². The van der Waals surface area contributed by atoms with Gasteiger partial charge in [-0.15, -0.1) is 0 Å². The SMILES string of the molecule is c1ccc(-c2cccc(-n3c4ccccc4c4cc(-c5ccc6c(c5)SC(c5ccc7c(c5)c5ccccc5n7-c5ccccc5)N6)ccc43)c2)cc1. The number of aromatic nitrogens is 2. The predicted octanol–water partition coefficient (Wildman–Crippen LogP) is 13.4. The molecule has 3 heterocycles. The van der Waals surface area contributed by atoms with Gasteiger partial charge in [0.1, 0.15) is 5.37 Å². The zero-order chi connectivity index (χ0) is 34.9. The van der Waals surface area contributed by atoms with E-state index in [9.17, 15) is 0 Å². The van der Waals surface area contributed by atoms with Crippen molar-refractivity contribution in [2.45, 2.75) is 10.3 Å². The summed E-state index contributed by atoms with van der Waals surface area (Å²) < 4.78 is 4.78. The van der Waals surface area contributed by atoms with Crippen molar-refractivity contribution in [1.82, 2.24) is 9.13 Å². The van der Waals surface area contributed by atoms with Crippen LogP contribution in [0.25, 0.3) is 77.2 Å². The smallest absolute Gasteiger partial charge is 0.103 e. The van der Waals surface area contributed by atoms with Crippen molar-refractivity contribution in [3.05, 3.63) is 194 Å². The zero-order valence-electron chi connectivity index (χ0n) is 28.8. The summed E-state index contributed by atoms with van der Waals surface area (Å²) in [4.78, 5) is 1.28. The van der Waals surface area contributed by atoms with Crippen LogP contribution in [-0.2, 0) is 0 Å². The van der Waals surface area contributed by atoms with Crippen molar-refractivity contribution in [2.24, 2.45) is 0 Å². The summed E-state index contributed by atoms with van der Waals surface area (Å²) in [5.74, 6) is 0. The second-order valence-electron chi connectivity index (χ2n) is 13.8. The number of fused-ring (bicyclic) bond motifs is 7. The molecule has 0 aliphatic carbocycles. The third-order valence-electron chi connectivity index (χ3n) is 10.7. The van der Waals surface area contributed by atoms with Crippen LogP contribution in [0.5, 0.6) is 0 Å². The Morgan fingerprint density at radius 3 is 1.70 bits per heavy atom. The standard InChI is InChI=1S/C49H33N3S/c1-3-12-32(13-4-1)33-14-11-17-38(28-33)52-45-21-10-8-18-39(45)41-29-34(23-26-47(41)52)35-22-25-43-48(31-35)53-49(50-43)36-24-27-46-42(30-36)40-19-7-9-20-44(40)51(46)37-15-5-2-6-16-37/h1-31,49-50H. The van der Waals surface area contributed by atoms with Gasteiger partial charge >= 0.3 is 0 Å². The highest BCUT2D eigenvalue weighted by atomic mass is 32.2. The Morgan fingerprint density at radius 2 is 0.925 bits per heavy atom. The fraction of sp³-hybridized carbons (Fsp3) is 0.0204. The molecule has 1 unspecified atom stereocenters. The largest absolute Gasteiger partial charge is 0.368 e. The number of nitrogens with zero attached hydrogens (tertiary/aromatic N) is 2. The Labute approximate surface area is 311 Å². The summed E-state index contributed by atoms with van der Waals surface area (Å²) in [7, 11) is 0. The molecule has 2 aromatic heterocycles. The lowest BCUT2D eigenvalue weighted by atomic mass is 10.0. The molecule has 0 fully saturated rings. The summed E-state index contributed by atoms with van der Waals surface area (Å²) in [5.41, 5.74) is 14.6. The number of para-hydroxylation sites is 3. The van der Waals surface area contributed by atoms with Crippen LogP contribution in [0.1, 0.15) is 10.9 Å². The van der Waals surface area contributed by atoms with Gasteiger partial charge in [-0.3, -0.25) is 0 Å². The lowest BCUT2D eigenvalue weighted by Crippen LogP contribution is -2.01. The topological polar surface area (TPSA) is 21.9 Å². The second kappa shape index (κ2) is 12.0. The van der Waals surface area contributed by atoms with E-state index in [0.717, 1.165) is 0 Å². The Morgan fingerprint density at radius 1 is 0.377 bits per heavy atom. The van der Waals surface area contributed by atoms with Crippen molar-refractivity contribution >= 4 is 61.1 Å². The molecular weight excluding hydrogens is 663 g/mol. The second-order valence-corrected chi connectivity index (χ2v) is 15.0. The van der Waals surface area contributed by atoms with Gasteiger partial charge in [0, 0.05) is 43.5 Å². The molecule has 3 nitrogen and oxygen atoms in total. The predicted molar refractivity (Wildman–Crippen MR) is 225 cm³/mol. The van der Waals surface area contributed by atoms with Crippen LogP contribution < -0.4 is 5.32 Å². The number of benzene rings is 8. The Hall–Kier alpha value is -6.49. The van der Waals surface area contributed by atoms with E-state index in [-0.39, 0.29) is 5.37 Å². The summed E-state index contributed by atoms with van der Waals surface area (Å²) in [6.45, 7) is 0. The molecule has 1 atom stereocenters. The minimum absolute atomic E-state index is 0.135. The lowest BCUT2D eigenvalue weighted by Gasteiger charge is -2.12. The third-order valence-corrected chi connectivity index (χ3v) is 12.0. The molecule has 0 radical (unpaired) electrons. The monoisotopic (exact) mass is 695 g/mol. The van der Waals surface area contributed by atoms with Gasteiger partial charge in [0.15, 0.2) is 0 Å². The average Bonchev–Trinajstić information content (AvgIpc) is 3.91. The number of hydrogen-bond acceptors (Lipinski definition) is 2. The molecule has 11 rings (SSSR count). The van der Waals surface area contributed by atoms with Gasteiger partial charge in [-0.2, -0.15) is 0 Å². The highest BCUT2D eigenvalue weighted by Gasteiger charge is 2.25. The van der Waals surface area contributed by atoms with Gasteiger partial charge in [0.05, 0.1) is 22.1 Å². The average molecular weight is 696 g/mol. The highest BCUT2D eigenvalue weighted by Crippen LogP contribution is 2.49. The maximum absolute atomic E-state index is 3.83. The van der Waals surface area contributed by atoms with Gasteiger partial charge in [-0.05, 0) is 101 Å². The molecule has 4 heteroatoms. The van der Waals surface area contributed by atoms with Gasteiger partial charge in [0.2, 0.25) is 0 Å².